The Kier molecular flexibility index (Phi) is 16.5. The van der Waals surface area contributed by atoms with E-state index < -0.39 is 26.1 Å². The van der Waals surface area contributed by atoms with Crippen molar-refractivity contribution in [3.05, 3.63) is 115 Å². The Morgan fingerprint density at radius 3 is 1.88 bits per heavy atom. The number of carbonyl (C=O) groups excluding carboxylic acids is 2. The fourth-order valence-corrected chi connectivity index (χ4v) is 14.3. The van der Waals surface area contributed by atoms with Gasteiger partial charge in [-0.1, -0.05) is 124 Å². The van der Waals surface area contributed by atoms with Gasteiger partial charge in [0.15, 0.2) is 0 Å². The van der Waals surface area contributed by atoms with Gasteiger partial charge in [-0.3, -0.25) is 9.69 Å². The molecule has 2 aliphatic rings. The first-order chi connectivity index (χ1) is 30.5. The quantitative estimate of drug-likeness (QED) is 0.108. The van der Waals surface area contributed by atoms with Crippen molar-refractivity contribution in [3.8, 4) is 11.1 Å². The van der Waals surface area contributed by atoms with Crippen molar-refractivity contribution in [2.75, 3.05) is 31.7 Å². The van der Waals surface area contributed by atoms with Crippen molar-refractivity contribution < 1.29 is 33.4 Å². The van der Waals surface area contributed by atoms with Crippen molar-refractivity contribution in [3.63, 3.8) is 0 Å². The first-order valence-electron chi connectivity index (χ1n) is 23.3. The molecule has 4 aromatic rings. The molecule has 2 aliphatic carbocycles. The SMILES string of the molecule is CN(CCCc1ccc(-c2ccccc2)c(N(C(=O)O)C2CCC(NC(=O)OC(C)(C)C)CC2)c1)C(=O)CO[C@H]1CC[C@H](CO[Si](c2ccccc2)(c2ccccc2)C(C)(C)C)CC1. The number of nitrogens with zero attached hydrogens (tertiary/aromatic N) is 2. The number of nitrogens with one attached hydrogen (secondary N) is 1. The average molecular weight is 890 g/mol. The molecule has 0 heterocycles. The Morgan fingerprint density at radius 2 is 1.33 bits per heavy atom. The van der Waals surface area contributed by atoms with Crippen LogP contribution < -0.4 is 20.6 Å². The molecule has 0 spiro atoms. The Hall–Kier alpha value is -4.97. The highest BCUT2D eigenvalue weighted by molar-refractivity contribution is 6.99. The number of carboxylic acid groups (broad SMARTS) is 1. The smallest absolute Gasteiger partial charge is 0.412 e. The summed E-state index contributed by atoms with van der Waals surface area (Å²) >= 11 is 0. The minimum Gasteiger partial charge on any atom is -0.465 e. The van der Waals surface area contributed by atoms with Crippen molar-refractivity contribution in [2.45, 2.75) is 135 Å². The van der Waals surface area contributed by atoms with Crippen LogP contribution in [0.25, 0.3) is 11.1 Å². The van der Waals surface area contributed by atoms with Crippen LogP contribution in [0, 0.1) is 5.92 Å². The lowest BCUT2D eigenvalue weighted by atomic mass is 9.88. The first kappa shape index (κ1) is 48.5. The third-order valence-electron chi connectivity index (χ3n) is 13.0. The summed E-state index contributed by atoms with van der Waals surface area (Å²) in [6.45, 7) is 13.8. The number of hydrogen-bond acceptors (Lipinski definition) is 6. The van der Waals surface area contributed by atoms with Crippen LogP contribution in [0.1, 0.15) is 105 Å². The molecule has 2 fully saturated rings. The topological polar surface area (TPSA) is 118 Å². The molecule has 0 radical (unpaired) electrons. The minimum atomic E-state index is -2.60. The van der Waals surface area contributed by atoms with Gasteiger partial charge >= 0.3 is 12.2 Å². The lowest BCUT2D eigenvalue weighted by molar-refractivity contribution is -0.137. The third-order valence-corrected chi connectivity index (χ3v) is 18.0. The lowest BCUT2D eigenvalue weighted by Crippen LogP contribution is -2.67. The number of hydrogen-bond donors (Lipinski definition) is 2. The second-order valence-electron chi connectivity index (χ2n) is 19.9. The van der Waals surface area contributed by atoms with Crippen molar-refractivity contribution >= 4 is 42.5 Å². The standard InChI is InChI=1S/C53H71N3O7Si/c1-52(2,3)63-50(58)54-42-28-30-43(31-29-42)56(51(59)60)48-36-39(27-34-47(48)41-19-11-8-12-20-41)18-17-35-55(7)49(57)38-61-44-32-25-40(26-33-44)37-62-64(53(4,5)6,45-21-13-9-14-22-45)46-23-15-10-16-24-46/h8-16,19-24,27,34,36,40,42-44H,17-18,25-26,28-33,35,37-38H2,1-7H3,(H,54,58)(H,59,60)/t40-,42?,43?,44-. The Labute approximate surface area is 382 Å². The van der Waals surface area contributed by atoms with Crippen LogP contribution in [0.15, 0.2) is 109 Å². The summed E-state index contributed by atoms with van der Waals surface area (Å²) in [5, 5.41) is 16.2. The second-order valence-corrected chi connectivity index (χ2v) is 24.2. The highest BCUT2D eigenvalue weighted by Crippen LogP contribution is 2.39. The fraction of sp³-hybridized carbons (Fsp3) is 0.491. The maximum atomic E-state index is 13.3. The number of carbonyl (C=O) groups is 3. The second kappa shape index (κ2) is 21.8. The van der Waals surface area contributed by atoms with E-state index in [9.17, 15) is 19.5 Å². The van der Waals surface area contributed by atoms with Crippen molar-refractivity contribution in [1.29, 1.82) is 0 Å². The number of ether oxygens (including phenoxy) is 2. The van der Waals surface area contributed by atoms with E-state index in [4.69, 9.17) is 13.9 Å². The summed E-state index contributed by atoms with van der Waals surface area (Å²) in [6, 6.07) is 37.2. The zero-order valence-corrected chi connectivity index (χ0v) is 40.2. The van der Waals surface area contributed by atoms with E-state index >= 15 is 0 Å². The van der Waals surface area contributed by atoms with E-state index in [2.05, 4.69) is 92.8 Å². The Bertz CT molecular complexity index is 2070. The molecule has 344 valence electrons. The molecule has 0 bridgehead atoms. The van der Waals surface area contributed by atoms with Crippen LogP contribution in [0.5, 0.6) is 0 Å². The van der Waals surface area contributed by atoms with Crippen LogP contribution in [0.3, 0.4) is 0 Å². The summed E-state index contributed by atoms with van der Waals surface area (Å²) in [4.78, 5) is 42.1. The van der Waals surface area contributed by atoms with E-state index in [-0.39, 0.29) is 35.7 Å². The van der Waals surface area contributed by atoms with Gasteiger partial charge in [-0.25, -0.2) is 9.59 Å². The molecule has 64 heavy (non-hydrogen) atoms. The maximum absolute atomic E-state index is 13.3. The largest absolute Gasteiger partial charge is 0.465 e. The predicted molar refractivity (Wildman–Crippen MR) is 259 cm³/mol. The molecule has 0 aliphatic heterocycles. The zero-order valence-electron chi connectivity index (χ0n) is 39.2. The van der Waals surface area contributed by atoms with E-state index in [1.165, 1.54) is 15.3 Å². The molecule has 2 N–H and O–H groups in total. The van der Waals surface area contributed by atoms with Gasteiger partial charge in [0.2, 0.25) is 5.91 Å². The third kappa shape index (κ3) is 12.6. The zero-order chi connectivity index (χ0) is 45.9. The summed E-state index contributed by atoms with van der Waals surface area (Å²) in [7, 11) is -0.767. The molecule has 2 saturated carbocycles. The van der Waals surface area contributed by atoms with Gasteiger partial charge < -0.3 is 29.2 Å². The summed E-state index contributed by atoms with van der Waals surface area (Å²) in [5.41, 5.74) is 2.87. The van der Waals surface area contributed by atoms with Gasteiger partial charge in [-0.15, -0.1) is 0 Å². The minimum absolute atomic E-state index is 0.0360. The monoisotopic (exact) mass is 890 g/mol. The molecule has 11 heteroatoms. The molecule has 0 atom stereocenters. The van der Waals surface area contributed by atoms with Gasteiger partial charge in [0.05, 0.1) is 11.8 Å². The molecule has 0 saturated heterocycles. The lowest BCUT2D eigenvalue weighted by Gasteiger charge is -2.44. The molecular weight excluding hydrogens is 819 g/mol. The van der Waals surface area contributed by atoms with Gasteiger partial charge in [-0.2, -0.15) is 0 Å². The van der Waals surface area contributed by atoms with Crippen LogP contribution in [-0.2, 0) is 25.1 Å². The van der Waals surface area contributed by atoms with Crippen molar-refractivity contribution in [1.82, 2.24) is 10.2 Å². The van der Waals surface area contributed by atoms with Crippen LogP contribution in [-0.4, -0.2) is 87.0 Å². The molecule has 10 nitrogen and oxygen atoms in total. The molecule has 0 aromatic heterocycles. The number of alkyl carbamates (subject to hydrolysis) is 1. The van der Waals surface area contributed by atoms with Gasteiger partial charge in [-0.05, 0) is 124 Å². The average Bonchev–Trinajstić information content (AvgIpc) is 3.26. The number of rotatable bonds is 16. The fourth-order valence-electron chi connectivity index (χ4n) is 9.62. The number of anilines is 1. The Balaban J connectivity index is 1.00. The number of likely N-dealkylation sites (N-methyl/N-ethyl adjacent to an activating group) is 1. The number of aryl methyl sites for hydroxylation is 1. The number of amides is 3. The predicted octanol–water partition coefficient (Wildman–Crippen LogP) is 10.2. The highest BCUT2D eigenvalue weighted by atomic mass is 28.4. The molecular formula is C53H71N3O7Si. The van der Waals surface area contributed by atoms with Gasteiger partial charge in [0, 0.05) is 37.8 Å². The summed E-state index contributed by atoms with van der Waals surface area (Å²) < 4.78 is 18.9. The van der Waals surface area contributed by atoms with Gasteiger partial charge in [0.1, 0.15) is 12.2 Å². The molecule has 3 amide bonds. The van der Waals surface area contributed by atoms with Gasteiger partial charge in [0.25, 0.3) is 8.32 Å². The van der Waals surface area contributed by atoms with Crippen LogP contribution >= 0.6 is 0 Å². The maximum Gasteiger partial charge on any atom is 0.412 e. The Morgan fingerprint density at radius 1 is 0.750 bits per heavy atom. The van der Waals surface area contributed by atoms with Crippen molar-refractivity contribution in [2.24, 2.45) is 5.92 Å². The number of benzene rings is 4. The van der Waals surface area contributed by atoms with Crippen LogP contribution in [0.2, 0.25) is 5.04 Å². The molecule has 6 rings (SSSR count). The normalized spacial score (nSPS) is 19.4. The summed E-state index contributed by atoms with van der Waals surface area (Å²) in [6.07, 6.45) is 6.35. The van der Waals surface area contributed by atoms with E-state index in [0.29, 0.717) is 56.9 Å². The van der Waals surface area contributed by atoms with E-state index in [1.807, 2.05) is 70.3 Å². The van der Waals surface area contributed by atoms with E-state index in [0.717, 1.165) is 48.8 Å². The van der Waals surface area contributed by atoms with E-state index in [1.54, 1.807) is 4.90 Å². The highest BCUT2D eigenvalue weighted by Gasteiger charge is 2.50. The first-order valence-corrected chi connectivity index (χ1v) is 25.3. The summed E-state index contributed by atoms with van der Waals surface area (Å²) in [5.74, 6) is 0.402. The van der Waals surface area contributed by atoms with Crippen LogP contribution in [0.4, 0.5) is 15.3 Å². The molecule has 4 aromatic carbocycles. The molecule has 0 unspecified atom stereocenters.